The summed E-state index contributed by atoms with van der Waals surface area (Å²) in [6, 6.07) is 3.54. The van der Waals surface area contributed by atoms with Crippen molar-refractivity contribution in [3.8, 4) is 5.06 Å². The number of pyridine rings is 1. The highest BCUT2D eigenvalue weighted by atomic mass is 32.1. The van der Waals surface area contributed by atoms with Gasteiger partial charge in [0.25, 0.3) is 11.6 Å². The molecular formula is C19H17F2N3O5S. The normalized spacial score (nSPS) is 10.9. The first-order valence-corrected chi connectivity index (χ1v) is 9.68. The maximum absolute atomic E-state index is 13.0. The van der Waals surface area contributed by atoms with E-state index in [0.29, 0.717) is 12.5 Å². The van der Waals surface area contributed by atoms with Gasteiger partial charge >= 0.3 is 11.8 Å². The molecule has 0 aliphatic heterocycles. The van der Waals surface area contributed by atoms with E-state index in [1.165, 1.54) is 11.5 Å². The van der Waals surface area contributed by atoms with Crippen LogP contribution in [-0.4, -0.2) is 25.4 Å². The van der Waals surface area contributed by atoms with Crippen LogP contribution in [0.4, 0.5) is 13.6 Å². The van der Waals surface area contributed by atoms with Gasteiger partial charge in [-0.05, 0) is 37.5 Å². The van der Waals surface area contributed by atoms with Crippen molar-refractivity contribution in [2.45, 2.75) is 32.9 Å². The molecule has 0 spiro atoms. The van der Waals surface area contributed by atoms with Crippen molar-refractivity contribution in [2.24, 2.45) is 0 Å². The van der Waals surface area contributed by atoms with Crippen LogP contribution in [-0.2, 0) is 19.5 Å². The number of nitrogens with zero attached hydrogens (tertiary/aromatic N) is 3. The van der Waals surface area contributed by atoms with Crippen molar-refractivity contribution >= 4 is 27.7 Å². The second-order valence-corrected chi connectivity index (χ2v) is 7.31. The van der Waals surface area contributed by atoms with Gasteiger partial charge in [-0.25, -0.2) is 9.59 Å². The Hall–Kier alpha value is -3.34. The van der Waals surface area contributed by atoms with Gasteiger partial charge in [-0.3, -0.25) is 18.9 Å². The minimum atomic E-state index is -1.87. The predicted octanol–water partition coefficient (Wildman–Crippen LogP) is 3.40. The third-order valence-electron chi connectivity index (χ3n) is 4.43. The predicted molar refractivity (Wildman–Crippen MR) is 107 cm³/mol. The summed E-state index contributed by atoms with van der Waals surface area (Å²) in [6.45, 7) is 1.46. The van der Waals surface area contributed by atoms with Gasteiger partial charge in [0, 0.05) is 31.0 Å². The van der Waals surface area contributed by atoms with E-state index >= 15 is 0 Å². The fourth-order valence-electron chi connectivity index (χ4n) is 3.03. The Morgan fingerprint density at radius 2 is 2.07 bits per heavy atom. The molecule has 30 heavy (non-hydrogen) atoms. The van der Waals surface area contributed by atoms with Crippen LogP contribution in [0.15, 0.2) is 46.3 Å². The minimum Gasteiger partial charge on any atom is -0.449 e. The number of carboxylic acid groups (broad SMARTS) is 1. The monoisotopic (exact) mass is 437 g/mol. The number of halogens is 2. The molecule has 3 rings (SSSR count). The zero-order valence-corrected chi connectivity index (χ0v) is 16.6. The highest BCUT2D eigenvalue weighted by Gasteiger charge is 2.22. The van der Waals surface area contributed by atoms with Crippen LogP contribution in [0.25, 0.3) is 10.2 Å². The lowest BCUT2D eigenvalue weighted by atomic mass is 10.2. The van der Waals surface area contributed by atoms with Crippen LogP contribution in [0.1, 0.15) is 17.5 Å². The Labute approximate surface area is 172 Å². The number of ether oxygens (including phenoxy) is 1. The minimum absolute atomic E-state index is 0.0417. The largest absolute Gasteiger partial charge is 0.512 e. The zero-order chi connectivity index (χ0) is 21.8. The summed E-state index contributed by atoms with van der Waals surface area (Å²) < 4.78 is 31.8. The number of hydrogen-bond acceptors (Lipinski definition) is 6. The molecular weight excluding hydrogens is 420 g/mol. The van der Waals surface area contributed by atoms with Gasteiger partial charge in [0.1, 0.15) is 4.83 Å². The molecule has 1 N–H and O–H groups in total. The molecule has 0 fully saturated rings. The maximum Gasteiger partial charge on any atom is 0.512 e. The van der Waals surface area contributed by atoms with Crippen molar-refractivity contribution in [1.29, 1.82) is 0 Å². The summed E-state index contributed by atoms with van der Waals surface area (Å²) in [5.74, 6) is 0. The summed E-state index contributed by atoms with van der Waals surface area (Å²) in [5.41, 5.74) is -0.156. The van der Waals surface area contributed by atoms with Gasteiger partial charge in [0.2, 0.25) is 0 Å². The molecule has 0 amide bonds. The second-order valence-electron chi connectivity index (χ2n) is 6.35. The van der Waals surface area contributed by atoms with Gasteiger partial charge in [-0.15, -0.1) is 0 Å². The fraction of sp³-hybridized carbons (Fsp3) is 0.263. The van der Waals surface area contributed by atoms with Crippen LogP contribution in [0.5, 0.6) is 5.06 Å². The van der Waals surface area contributed by atoms with E-state index in [1.807, 2.05) is 0 Å². The maximum atomic E-state index is 13.0. The number of aromatic nitrogens is 3. The van der Waals surface area contributed by atoms with Gasteiger partial charge in [0.05, 0.1) is 5.39 Å². The number of thiophene rings is 1. The smallest absolute Gasteiger partial charge is 0.449 e. The van der Waals surface area contributed by atoms with Crippen LogP contribution < -0.4 is 16.0 Å². The Morgan fingerprint density at radius 1 is 1.30 bits per heavy atom. The number of carbonyl (C=O) groups is 1. The van der Waals surface area contributed by atoms with E-state index < -0.39 is 23.5 Å². The second kappa shape index (κ2) is 8.99. The van der Waals surface area contributed by atoms with Crippen molar-refractivity contribution in [1.82, 2.24) is 14.1 Å². The lowest BCUT2D eigenvalue weighted by Gasteiger charge is -2.11. The van der Waals surface area contributed by atoms with E-state index in [-0.39, 0.29) is 40.4 Å². The summed E-state index contributed by atoms with van der Waals surface area (Å²) >= 11 is 0.818. The van der Waals surface area contributed by atoms with Crippen molar-refractivity contribution in [2.75, 3.05) is 0 Å². The lowest BCUT2D eigenvalue weighted by Crippen LogP contribution is -2.40. The Bertz CT molecular complexity index is 1230. The van der Waals surface area contributed by atoms with Gasteiger partial charge in [-0.2, -0.15) is 8.78 Å². The van der Waals surface area contributed by atoms with Gasteiger partial charge in [-0.1, -0.05) is 17.4 Å². The average molecular weight is 437 g/mol. The first-order chi connectivity index (χ1) is 14.3. The molecule has 3 aromatic heterocycles. The molecule has 0 saturated carbocycles. The van der Waals surface area contributed by atoms with Gasteiger partial charge < -0.3 is 9.84 Å². The fourth-order valence-corrected chi connectivity index (χ4v) is 4.20. The third kappa shape index (κ3) is 4.46. The molecule has 0 saturated heterocycles. The molecule has 8 nitrogen and oxygen atoms in total. The van der Waals surface area contributed by atoms with Crippen LogP contribution in [0.3, 0.4) is 0 Å². The molecule has 0 aliphatic carbocycles. The Kier molecular flexibility index (Phi) is 6.40. The molecule has 0 unspecified atom stereocenters. The molecule has 3 heterocycles. The highest BCUT2D eigenvalue weighted by molar-refractivity contribution is 7.20. The molecule has 0 bridgehead atoms. The van der Waals surface area contributed by atoms with E-state index in [2.05, 4.69) is 4.98 Å². The summed E-state index contributed by atoms with van der Waals surface area (Å²) in [7, 11) is 0. The number of aryl methyl sites for hydroxylation is 3. The van der Waals surface area contributed by atoms with E-state index in [4.69, 9.17) is 9.84 Å². The van der Waals surface area contributed by atoms with Crippen LogP contribution in [0.2, 0.25) is 0 Å². The molecule has 3 aromatic rings. The number of hydrogen-bond donors (Lipinski definition) is 1. The van der Waals surface area contributed by atoms with Gasteiger partial charge in [0.15, 0.2) is 5.06 Å². The topological polar surface area (TPSA) is 103 Å². The SMILES string of the molecule is Cc1c(OC(=O)O)sc2c1c(=O)n(CCc1cccnc1)c(=O)n2CCC=C(F)F. The summed E-state index contributed by atoms with van der Waals surface area (Å²) in [4.78, 5) is 41.1. The Morgan fingerprint density at radius 3 is 2.70 bits per heavy atom. The first-order valence-electron chi connectivity index (χ1n) is 8.87. The summed E-state index contributed by atoms with van der Waals surface area (Å²) in [5, 5.41) is 9.00. The quantitative estimate of drug-likeness (QED) is 0.569. The lowest BCUT2D eigenvalue weighted by molar-refractivity contribution is 0.145. The van der Waals surface area contributed by atoms with Crippen molar-refractivity contribution in [3.05, 3.63) is 68.6 Å². The molecule has 0 atom stereocenters. The highest BCUT2D eigenvalue weighted by Crippen LogP contribution is 2.34. The van der Waals surface area contributed by atoms with Crippen LogP contribution in [0, 0.1) is 6.92 Å². The molecule has 0 aromatic carbocycles. The first kappa shape index (κ1) is 21.4. The van der Waals surface area contributed by atoms with Crippen molar-refractivity contribution < 1.29 is 23.4 Å². The molecule has 158 valence electrons. The van der Waals surface area contributed by atoms with E-state index in [1.54, 1.807) is 24.5 Å². The molecule has 11 heteroatoms. The Balaban J connectivity index is 2.14. The molecule has 0 aliphatic rings. The zero-order valence-electron chi connectivity index (χ0n) is 15.8. The standard InChI is InChI=1S/C19H17F2N3O5S/c1-11-14-15(25)23(9-6-12-4-2-7-22-10-12)18(26)24(8-3-5-13(20)21)16(14)30-17(11)29-19(27)28/h2,4-5,7,10H,3,6,8-9H2,1H3,(H,27,28). The average Bonchev–Trinajstić information content (AvgIpc) is 3.00. The van der Waals surface area contributed by atoms with Crippen molar-refractivity contribution in [3.63, 3.8) is 0 Å². The number of allylic oxidation sites excluding steroid dienone is 1. The van der Waals surface area contributed by atoms with E-state index in [0.717, 1.165) is 21.5 Å². The molecule has 0 radical (unpaired) electrons. The number of fused-ring (bicyclic) bond motifs is 1. The van der Waals surface area contributed by atoms with E-state index in [9.17, 15) is 23.2 Å². The summed E-state index contributed by atoms with van der Waals surface area (Å²) in [6.07, 6.45) is 0.688. The third-order valence-corrected chi connectivity index (χ3v) is 5.62. The number of rotatable bonds is 7. The van der Waals surface area contributed by atoms with Crippen LogP contribution >= 0.6 is 11.3 Å².